The lowest BCUT2D eigenvalue weighted by molar-refractivity contribution is -0.0435. The third-order valence-electron chi connectivity index (χ3n) is 12.2. The first-order valence-corrected chi connectivity index (χ1v) is 26.8. The smallest absolute Gasteiger partial charge is 0.383 e. The largest absolute Gasteiger partial charge is 0.501 e. The zero-order valence-corrected chi connectivity index (χ0v) is 42.8. The van der Waals surface area contributed by atoms with Crippen LogP contribution >= 0.6 is 35.3 Å². The van der Waals surface area contributed by atoms with E-state index in [0.29, 0.717) is 17.4 Å². The highest BCUT2D eigenvalue weighted by Crippen LogP contribution is 2.43. The molecule has 0 atom stereocenters. The minimum absolute atomic E-state index is 0.141. The van der Waals surface area contributed by atoms with Gasteiger partial charge in [-0.1, -0.05) is 82.1 Å². The molecule has 2 aliphatic heterocycles. The van der Waals surface area contributed by atoms with Crippen molar-refractivity contribution in [2.24, 2.45) is 5.41 Å². The molecule has 1 aliphatic carbocycles. The number of likely N-dealkylation sites (tertiary alicyclic amines) is 1. The van der Waals surface area contributed by atoms with Gasteiger partial charge in [0.25, 0.3) is 15.7 Å². The van der Waals surface area contributed by atoms with E-state index in [0.717, 1.165) is 85.6 Å². The summed E-state index contributed by atoms with van der Waals surface area (Å²) in [5, 5.41) is 3.58. The fourth-order valence-electron chi connectivity index (χ4n) is 8.38. The predicted molar refractivity (Wildman–Crippen MR) is 273 cm³/mol. The summed E-state index contributed by atoms with van der Waals surface area (Å²) in [5.41, 5.74) is 0.177. The number of sulfone groups is 1. The number of halogens is 4. The molecule has 0 saturated carbocycles. The fraction of sp³-hybridized carbons (Fsp3) is 0.471. The topological polar surface area (TPSA) is 94.2 Å². The average Bonchev–Trinajstić information content (AvgIpc) is 3.33. The molecule has 16 heteroatoms. The van der Waals surface area contributed by atoms with Gasteiger partial charge in [-0.2, -0.15) is 13.2 Å². The number of piperidine rings is 1. The lowest BCUT2D eigenvalue weighted by Gasteiger charge is -2.39. The molecule has 2 N–H and O–H groups in total. The number of carbonyl (C=O) groups excluding carboxylic acids is 1. The van der Waals surface area contributed by atoms with Gasteiger partial charge < -0.3 is 19.9 Å². The number of piperazine rings is 1. The van der Waals surface area contributed by atoms with Crippen LogP contribution in [0.2, 0.25) is 5.02 Å². The van der Waals surface area contributed by atoms with Crippen molar-refractivity contribution >= 4 is 68.0 Å². The second kappa shape index (κ2) is 25.8. The maximum absolute atomic E-state index is 13.7. The maximum atomic E-state index is 13.7. The van der Waals surface area contributed by atoms with Crippen molar-refractivity contribution in [3.05, 3.63) is 119 Å². The van der Waals surface area contributed by atoms with Crippen LogP contribution in [0.15, 0.2) is 117 Å². The van der Waals surface area contributed by atoms with Crippen LogP contribution in [0.3, 0.4) is 0 Å². The van der Waals surface area contributed by atoms with Crippen molar-refractivity contribution in [1.29, 1.82) is 0 Å². The van der Waals surface area contributed by atoms with Crippen molar-refractivity contribution in [3.63, 3.8) is 0 Å². The number of hydrogen-bond acceptors (Lipinski definition) is 10. The average molecular weight is 1000 g/mol. The molecule has 366 valence electrons. The number of ether oxygens (including phenoxy) is 1. The third-order valence-corrected chi connectivity index (χ3v) is 15.8. The van der Waals surface area contributed by atoms with Gasteiger partial charge in [-0.3, -0.25) is 14.4 Å². The van der Waals surface area contributed by atoms with Crippen LogP contribution in [-0.2, 0) is 14.6 Å². The molecule has 3 aliphatic rings. The molecule has 0 aromatic heterocycles. The number of thioether (sulfide) groups is 1. The number of carbonyl (C=O) groups is 1. The number of alkyl halides is 3. The van der Waals surface area contributed by atoms with Crippen molar-refractivity contribution in [3.8, 4) is 0 Å². The minimum atomic E-state index is -5.67. The number of nitrogens with zero attached hydrogens (tertiary/aromatic N) is 3. The van der Waals surface area contributed by atoms with Gasteiger partial charge in [-0.05, 0) is 134 Å². The summed E-state index contributed by atoms with van der Waals surface area (Å²) in [6.45, 7) is 19.2. The minimum Gasteiger partial charge on any atom is -0.383 e. The van der Waals surface area contributed by atoms with Crippen LogP contribution < -0.4 is 14.9 Å². The van der Waals surface area contributed by atoms with E-state index in [1.165, 1.54) is 73.1 Å². The maximum Gasteiger partial charge on any atom is 0.501 e. The van der Waals surface area contributed by atoms with Gasteiger partial charge in [-0.25, -0.2) is 8.42 Å². The number of anilines is 2. The Hall–Kier alpha value is -3.70. The molecule has 9 nitrogen and oxygen atoms in total. The van der Waals surface area contributed by atoms with E-state index in [9.17, 15) is 26.4 Å². The number of nitrogens with one attached hydrogen (secondary N) is 2. The van der Waals surface area contributed by atoms with Gasteiger partial charge in [-0.15, -0.1) is 11.8 Å². The molecular weight excluding hydrogens is 935 g/mol. The predicted octanol–water partition coefficient (Wildman–Crippen LogP) is 12.2. The van der Waals surface area contributed by atoms with E-state index in [1.807, 2.05) is 75.6 Å². The first kappa shape index (κ1) is 54.2. The number of allylic oxidation sites excluding steroid dienone is 1. The van der Waals surface area contributed by atoms with Gasteiger partial charge in [0.1, 0.15) is 4.90 Å². The van der Waals surface area contributed by atoms with E-state index < -0.39 is 26.1 Å². The summed E-state index contributed by atoms with van der Waals surface area (Å²) < 4.78 is 73.9. The highest BCUT2D eigenvalue weighted by Gasteiger charge is 2.48. The van der Waals surface area contributed by atoms with Crippen molar-refractivity contribution < 1.29 is 31.1 Å². The van der Waals surface area contributed by atoms with Crippen LogP contribution in [0.4, 0.5) is 24.5 Å². The van der Waals surface area contributed by atoms with Gasteiger partial charge in [0.2, 0.25) is 0 Å². The Morgan fingerprint density at radius 1 is 0.866 bits per heavy atom. The summed E-state index contributed by atoms with van der Waals surface area (Å²) >= 11 is 8.42. The normalized spacial score (nSPS) is 17.2. The Morgan fingerprint density at radius 3 is 2.13 bits per heavy atom. The van der Waals surface area contributed by atoms with E-state index >= 15 is 0 Å². The molecule has 0 unspecified atom stereocenters. The Bertz CT molecular complexity index is 2290. The van der Waals surface area contributed by atoms with E-state index in [-0.39, 0.29) is 22.5 Å². The molecular formula is C51H67ClF3N5O4S3. The molecule has 0 spiro atoms. The molecule has 1 amide bonds. The van der Waals surface area contributed by atoms with Crippen LogP contribution in [0.25, 0.3) is 5.57 Å². The van der Waals surface area contributed by atoms with Crippen molar-refractivity contribution in [2.45, 2.75) is 93.0 Å². The summed E-state index contributed by atoms with van der Waals surface area (Å²) in [4.78, 5) is 20.6. The summed E-state index contributed by atoms with van der Waals surface area (Å²) in [6, 6.07) is 28.6. The lowest BCUT2D eigenvalue weighted by atomic mass is 9.73. The number of benzene rings is 4. The molecule has 7 rings (SSSR count). The number of hydrogen-bond donors (Lipinski definition) is 2. The van der Waals surface area contributed by atoms with E-state index in [2.05, 4.69) is 57.6 Å². The van der Waals surface area contributed by atoms with Gasteiger partial charge >= 0.3 is 5.51 Å². The zero-order chi connectivity index (χ0) is 48.6. The molecule has 2 heterocycles. The summed E-state index contributed by atoms with van der Waals surface area (Å²) in [6.07, 6.45) is 6.24. The van der Waals surface area contributed by atoms with Crippen molar-refractivity contribution in [1.82, 2.24) is 14.5 Å². The van der Waals surface area contributed by atoms with Crippen LogP contribution in [0.5, 0.6) is 0 Å². The first-order valence-electron chi connectivity index (χ1n) is 23.2. The summed E-state index contributed by atoms with van der Waals surface area (Å²) in [5.74, 6) is 0.0441. The Kier molecular flexibility index (Phi) is 20.9. The van der Waals surface area contributed by atoms with Gasteiger partial charge in [0.15, 0.2) is 0 Å². The van der Waals surface area contributed by atoms with E-state index in [1.54, 1.807) is 12.1 Å². The SMILES string of the molecule is CC.CC1(C)CCC(c2ccc(Cl)cc2)=C(CN2CCN(c3ccc(C(=O)NSc4ccc(NCCSc5ccccc5)c(S(=O)(=O)C(F)(F)F)c4)cc3)CC2)C1.CCN1CCC(OC)CC1. The third kappa shape index (κ3) is 15.9. The fourth-order valence-corrected chi connectivity index (χ4v) is 11.0. The summed E-state index contributed by atoms with van der Waals surface area (Å²) in [7, 11) is -3.85. The van der Waals surface area contributed by atoms with Crippen molar-refractivity contribution in [2.75, 3.05) is 82.0 Å². The molecule has 4 aromatic carbocycles. The molecule has 67 heavy (non-hydrogen) atoms. The molecule has 2 fully saturated rings. The Labute approximate surface area is 410 Å². The number of rotatable bonds is 15. The lowest BCUT2D eigenvalue weighted by Crippen LogP contribution is -2.47. The molecule has 2 saturated heterocycles. The molecule has 0 radical (unpaired) electrons. The zero-order valence-electron chi connectivity index (χ0n) is 39.6. The Balaban J connectivity index is 0.000000614. The number of amides is 1. The van der Waals surface area contributed by atoms with E-state index in [4.69, 9.17) is 16.3 Å². The Morgan fingerprint density at radius 2 is 1.52 bits per heavy atom. The second-order valence-electron chi connectivity index (χ2n) is 17.3. The number of methoxy groups -OCH3 is 1. The standard InChI is InChI=1S/C41H44ClF3N4O3S3.C8H17NO.C2H6/c1-40(2)19-18-36(29-8-12-32(42)13-9-29)31(27-40)28-48-21-23-49(24-22-48)33-14-10-30(11-15-33)39(50)47-54-35-16-17-37(38(26-35)55(51,52)41(43,44)45)46-20-25-53-34-6-4-3-5-7-34;1-3-9-6-4-8(10-2)5-7-9;1-2/h3-17,26,46H,18-25,27-28H2,1-2H3,(H,47,50);8H,3-7H2,1-2H3;1-2H3. The highest BCUT2D eigenvalue weighted by atomic mass is 35.5. The quantitative estimate of drug-likeness (QED) is 0.0681. The highest BCUT2D eigenvalue weighted by molar-refractivity contribution is 7.99. The second-order valence-corrected chi connectivity index (χ2v) is 21.7. The monoisotopic (exact) mass is 1000 g/mol. The molecule has 0 bridgehead atoms. The van der Waals surface area contributed by atoms with Gasteiger partial charge in [0, 0.05) is 91.3 Å². The van der Waals surface area contributed by atoms with Crippen LogP contribution in [0, 0.1) is 5.41 Å². The first-order chi connectivity index (χ1) is 32.0. The van der Waals surface area contributed by atoms with Gasteiger partial charge in [0.05, 0.1) is 11.8 Å². The van der Waals surface area contributed by atoms with Crippen LogP contribution in [0.1, 0.15) is 82.6 Å². The van der Waals surface area contributed by atoms with Crippen LogP contribution in [-0.4, -0.2) is 108 Å². The molecule has 4 aromatic rings.